The predicted octanol–water partition coefficient (Wildman–Crippen LogP) is 6.58. The number of amides is 2. The molecule has 3 nitrogen and oxygen atoms in total. The van der Waals surface area contributed by atoms with Crippen LogP contribution in [-0.2, 0) is 6.54 Å². The van der Waals surface area contributed by atoms with E-state index in [0.29, 0.717) is 16.9 Å². The molecule has 1 heterocycles. The van der Waals surface area contributed by atoms with Crippen molar-refractivity contribution in [2.24, 2.45) is 0 Å². The van der Waals surface area contributed by atoms with Crippen LogP contribution in [0.15, 0.2) is 65.6 Å². The first-order valence-corrected chi connectivity index (χ1v) is 9.68. The Kier molecular flexibility index (Phi) is 5.00. The second-order valence-corrected chi connectivity index (χ2v) is 7.75. The number of nitrogens with zero attached hydrogens (tertiary/aromatic N) is 2. The van der Waals surface area contributed by atoms with Gasteiger partial charge in [0.15, 0.2) is 0 Å². The van der Waals surface area contributed by atoms with Crippen molar-refractivity contribution in [2.75, 3.05) is 9.21 Å². The molecule has 0 bridgehead atoms. The zero-order valence-electron chi connectivity index (χ0n) is 14.8. The molecule has 142 valence electrons. The summed E-state index contributed by atoms with van der Waals surface area (Å²) in [5, 5.41) is 0.247. The minimum Gasteiger partial charge on any atom is -0.288 e. The second kappa shape index (κ2) is 7.45. The maximum atomic E-state index is 14.3. The third-order valence-corrected chi connectivity index (χ3v) is 5.96. The molecular formula is C21H15ClF2N2OS. The number of halogens is 3. The standard InChI is InChI=1S/C21H15ClF2N2OS/c1-13-9-10-14(11-18(13)24)26-21(27)25(19-7-2-3-8-20(19)28-26)12-15-16(22)5-4-6-17(15)23/h2-11H,12H2,1H3. The summed E-state index contributed by atoms with van der Waals surface area (Å²) in [4.78, 5) is 15.5. The Labute approximate surface area is 170 Å². The molecule has 28 heavy (non-hydrogen) atoms. The SMILES string of the molecule is Cc1ccc(N2Sc3ccccc3N(Cc3c(F)cccc3Cl)C2=O)cc1F. The number of anilines is 2. The number of benzene rings is 3. The number of carbonyl (C=O) groups is 1. The molecule has 2 amide bonds. The highest BCUT2D eigenvalue weighted by molar-refractivity contribution is 8.01. The van der Waals surface area contributed by atoms with E-state index in [4.69, 9.17) is 11.6 Å². The summed E-state index contributed by atoms with van der Waals surface area (Å²) in [5.74, 6) is -0.877. The fourth-order valence-corrected chi connectivity index (χ4v) is 4.20. The smallest absolute Gasteiger partial charge is 0.288 e. The van der Waals surface area contributed by atoms with Crippen LogP contribution >= 0.6 is 23.5 Å². The van der Waals surface area contributed by atoms with Crippen LogP contribution in [0.2, 0.25) is 5.02 Å². The molecule has 3 aromatic rings. The van der Waals surface area contributed by atoms with Gasteiger partial charge in [0.05, 0.1) is 22.8 Å². The molecule has 3 aromatic carbocycles. The van der Waals surface area contributed by atoms with Crippen LogP contribution in [0.3, 0.4) is 0 Å². The van der Waals surface area contributed by atoms with Crippen LogP contribution in [0.1, 0.15) is 11.1 Å². The molecule has 0 unspecified atom stereocenters. The largest absolute Gasteiger partial charge is 0.339 e. The van der Waals surface area contributed by atoms with E-state index in [0.717, 1.165) is 4.90 Å². The van der Waals surface area contributed by atoms with Crippen molar-refractivity contribution >= 4 is 41.0 Å². The van der Waals surface area contributed by atoms with Crippen molar-refractivity contribution in [3.8, 4) is 0 Å². The van der Waals surface area contributed by atoms with Crippen LogP contribution in [0.5, 0.6) is 0 Å². The highest BCUT2D eigenvalue weighted by atomic mass is 35.5. The van der Waals surface area contributed by atoms with Crippen molar-refractivity contribution in [3.63, 3.8) is 0 Å². The topological polar surface area (TPSA) is 23.6 Å². The van der Waals surface area contributed by atoms with Crippen molar-refractivity contribution in [1.82, 2.24) is 0 Å². The van der Waals surface area contributed by atoms with Gasteiger partial charge >= 0.3 is 6.03 Å². The Morgan fingerprint density at radius 1 is 1.00 bits per heavy atom. The normalized spacial score (nSPS) is 13.6. The molecule has 0 spiro atoms. The molecule has 0 saturated heterocycles. The monoisotopic (exact) mass is 416 g/mol. The van der Waals surface area contributed by atoms with Gasteiger partial charge in [-0.05, 0) is 60.8 Å². The van der Waals surface area contributed by atoms with Crippen molar-refractivity contribution in [1.29, 1.82) is 0 Å². The molecule has 0 N–H and O–H groups in total. The molecular weight excluding hydrogens is 402 g/mol. The van der Waals surface area contributed by atoms with Crippen molar-refractivity contribution in [3.05, 3.63) is 88.4 Å². The van der Waals surface area contributed by atoms with Gasteiger partial charge in [-0.3, -0.25) is 4.90 Å². The molecule has 0 saturated carbocycles. The lowest BCUT2D eigenvalue weighted by atomic mass is 10.1. The van der Waals surface area contributed by atoms with E-state index in [2.05, 4.69) is 0 Å². The number of carbonyl (C=O) groups excluding carboxylic acids is 1. The van der Waals surface area contributed by atoms with E-state index >= 15 is 0 Å². The molecule has 0 aliphatic carbocycles. The van der Waals surface area contributed by atoms with Gasteiger partial charge in [-0.1, -0.05) is 35.9 Å². The lowest BCUT2D eigenvalue weighted by Crippen LogP contribution is -2.43. The third-order valence-electron chi connectivity index (χ3n) is 4.52. The van der Waals surface area contributed by atoms with Gasteiger partial charge in [0.25, 0.3) is 0 Å². The number of hydrogen-bond acceptors (Lipinski definition) is 2. The lowest BCUT2D eigenvalue weighted by Gasteiger charge is -2.36. The highest BCUT2D eigenvalue weighted by Crippen LogP contribution is 2.42. The number of fused-ring (bicyclic) bond motifs is 1. The first-order valence-electron chi connectivity index (χ1n) is 8.53. The Morgan fingerprint density at radius 2 is 1.79 bits per heavy atom. The number of rotatable bonds is 3. The molecule has 0 atom stereocenters. The summed E-state index contributed by atoms with van der Waals surface area (Å²) in [6.07, 6.45) is 0. The first-order chi connectivity index (χ1) is 13.5. The number of urea groups is 1. The Morgan fingerprint density at radius 3 is 2.54 bits per heavy atom. The predicted molar refractivity (Wildman–Crippen MR) is 109 cm³/mol. The van der Waals surface area contributed by atoms with Gasteiger partial charge < -0.3 is 0 Å². The van der Waals surface area contributed by atoms with E-state index in [1.54, 1.807) is 31.2 Å². The van der Waals surface area contributed by atoms with Crippen LogP contribution in [0.25, 0.3) is 0 Å². The average molecular weight is 417 g/mol. The molecule has 7 heteroatoms. The van der Waals surface area contributed by atoms with Crippen LogP contribution in [0.4, 0.5) is 25.0 Å². The Balaban J connectivity index is 1.78. The molecule has 1 aliphatic heterocycles. The quantitative estimate of drug-likeness (QED) is 0.450. The average Bonchev–Trinajstić information content (AvgIpc) is 2.68. The Hall–Kier alpha value is -2.57. The number of para-hydroxylation sites is 1. The molecule has 0 fully saturated rings. The first kappa shape index (κ1) is 18.8. The molecule has 0 aromatic heterocycles. The highest BCUT2D eigenvalue weighted by Gasteiger charge is 2.33. The van der Waals surface area contributed by atoms with Gasteiger partial charge in [0, 0.05) is 10.6 Å². The summed E-state index contributed by atoms with van der Waals surface area (Å²) in [6, 6.07) is 16.0. The summed E-state index contributed by atoms with van der Waals surface area (Å²) >= 11 is 7.37. The van der Waals surface area contributed by atoms with Gasteiger partial charge in [0.2, 0.25) is 0 Å². The summed E-state index contributed by atoms with van der Waals surface area (Å²) in [7, 11) is 0. The maximum absolute atomic E-state index is 14.3. The zero-order chi connectivity index (χ0) is 19.8. The Bertz CT molecular complexity index is 1060. The second-order valence-electron chi connectivity index (χ2n) is 6.36. The van der Waals surface area contributed by atoms with Crippen LogP contribution < -0.4 is 9.21 Å². The zero-order valence-corrected chi connectivity index (χ0v) is 16.4. The van der Waals surface area contributed by atoms with Crippen LogP contribution in [-0.4, -0.2) is 6.03 Å². The van der Waals surface area contributed by atoms with E-state index in [1.807, 2.05) is 18.2 Å². The summed E-state index contributed by atoms with van der Waals surface area (Å²) in [5.41, 5.74) is 1.79. The minimum absolute atomic E-state index is 0.0350. The van der Waals surface area contributed by atoms with Gasteiger partial charge in [-0.15, -0.1) is 0 Å². The van der Waals surface area contributed by atoms with E-state index in [9.17, 15) is 13.6 Å². The summed E-state index contributed by atoms with van der Waals surface area (Å²) in [6.45, 7) is 1.62. The third kappa shape index (κ3) is 3.34. The molecule has 4 rings (SSSR count). The lowest BCUT2D eigenvalue weighted by molar-refractivity contribution is 0.254. The molecule has 1 aliphatic rings. The van der Waals surface area contributed by atoms with Gasteiger partial charge in [-0.2, -0.15) is 0 Å². The fourth-order valence-electron chi connectivity index (χ4n) is 2.97. The van der Waals surface area contributed by atoms with Gasteiger partial charge in [-0.25, -0.2) is 17.9 Å². The van der Waals surface area contributed by atoms with Crippen molar-refractivity contribution < 1.29 is 13.6 Å². The fraction of sp³-hybridized carbons (Fsp3) is 0.0952. The maximum Gasteiger partial charge on any atom is 0.339 e. The van der Waals surface area contributed by atoms with Gasteiger partial charge in [0.1, 0.15) is 11.6 Å². The van der Waals surface area contributed by atoms with Crippen molar-refractivity contribution in [2.45, 2.75) is 18.4 Å². The number of hydrogen-bond donors (Lipinski definition) is 0. The van der Waals surface area contributed by atoms with E-state index in [1.165, 1.54) is 39.4 Å². The van der Waals surface area contributed by atoms with E-state index < -0.39 is 17.7 Å². The van der Waals surface area contributed by atoms with E-state index in [-0.39, 0.29) is 17.1 Å². The molecule has 0 radical (unpaired) electrons. The van der Waals surface area contributed by atoms with Crippen LogP contribution in [0, 0.1) is 18.6 Å². The summed E-state index contributed by atoms with van der Waals surface area (Å²) < 4.78 is 29.8. The number of aryl methyl sites for hydroxylation is 1. The minimum atomic E-state index is -0.482.